The van der Waals surface area contributed by atoms with Crippen LogP contribution >= 0.6 is 11.8 Å². The Hall–Kier alpha value is -4.72. The van der Waals surface area contributed by atoms with Crippen LogP contribution in [0.1, 0.15) is 66.8 Å². The van der Waals surface area contributed by atoms with Gasteiger partial charge in [0.25, 0.3) is 0 Å². The summed E-state index contributed by atoms with van der Waals surface area (Å²) in [5, 5.41) is 2.74. The summed E-state index contributed by atoms with van der Waals surface area (Å²) >= 11 is 1.95. The van der Waals surface area contributed by atoms with Crippen LogP contribution in [0.2, 0.25) is 0 Å². The predicted molar refractivity (Wildman–Crippen MR) is 245 cm³/mol. The average molecular weight is 731 g/mol. The lowest BCUT2D eigenvalue weighted by Crippen LogP contribution is -2.56. The molecule has 0 saturated carbocycles. The standard InChI is InChI=1S/C52H52B2S/c1-29-20-33(5)49(34(6)21-29)53(50-35(7)22-30(2)23-36(50)8)41-16-17-42-43-18-19-45(44-14-13-15-46(48(43)44)55-47(42)28-41)54(51-37(9)24-31(3)25-38(51)10)52-39(11)26-32(4)27-40(52)12/h13-28H,1-12H3. The Morgan fingerprint density at radius 1 is 0.364 bits per heavy atom. The molecular formula is C52H52B2S. The molecular weight excluding hydrogens is 678 g/mol. The van der Waals surface area contributed by atoms with Crippen LogP contribution < -0.4 is 32.8 Å². The minimum absolute atomic E-state index is 0.127. The summed E-state index contributed by atoms with van der Waals surface area (Å²) in [4.78, 5) is 2.68. The largest absolute Gasteiger partial charge is 0.243 e. The van der Waals surface area contributed by atoms with E-state index < -0.39 is 0 Å². The SMILES string of the molecule is Cc1cc(C)c(B(c2ccc3c(c2)Sc2cccc4c(B(c5c(C)cc(C)cc5C)c5c(C)cc(C)cc5C)ccc-3c24)c2c(C)cc(C)cc2C)c(C)c1. The van der Waals surface area contributed by atoms with E-state index in [9.17, 15) is 0 Å². The van der Waals surface area contributed by atoms with Gasteiger partial charge in [0.15, 0.2) is 0 Å². The third kappa shape index (κ3) is 6.39. The van der Waals surface area contributed by atoms with Gasteiger partial charge < -0.3 is 0 Å². The lowest BCUT2D eigenvalue weighted by atomic mass is 9.33. The summed E-state index contributed by atoms with van der Waals surface area (Å²) in [6.07, 6.45) is 0. The van der Waals surface area contributed by atoms with E-state index in [0.29, 0.717) is 0 Å². The molecule has 55 heavy (non-hydrogen) atoms. The van der Waals surface area contributed by atoms with Gasteiger partial charge in [0, 0.05) is 15.2 Å². The van der Waals surface area contributed by atoms with Gasteiger partial charge in [-0.2, -0.15) is 0 Å². The normalized spacial score (nSPS) is 11.9. The lowest BCUT2D eigenvalue weighted by molar-refractivity contribution is 1.33. The molecule has 3 heteroatoms. The van der Waals surface area contributed by atoms with E-state index in [1.807, 2.05) is 11.8 Å². The molecule has 1 heterocycles. The predicted octanol–water partition coefficient (Wildman–Crippen LogP) is 9.70. The fourth-order valence-corrected chi connectivity index (χ4v) is 11.8. The summed E-state index contributed by atoms with van der Waals surface area (Å²) in [6, 6.07) is 38.2. The number of rotatable bonds is 6. The third-order valence-electron chi connectivity index (χ3n) is 12.3. The first-order chi connectivity index (χ1) is 26.2. The molecule has 0 fully saturated rings. The van der Waals surface area contributed by atoms with Crippen LogP contribution in [-0.4, -0.2) is 13.4 Å². The van der Waals surface area contributed by atoms with E-state index in [2.05, 4.69) is 180 Å². The maximum Gasteiger partial charge on any atom is 0.243 e. The van der Waals surface area contributed by atoms with Crippen molar-refractivity contribution in [2.75, 3.05) is 0 Å². The highest BCUT2D eigenvalue weighted by molar-refractivity contribution is 7.99. The van der Waals surface area contributed by atoms with Crippen molar-refractivity contribution in [3.8, 4) is 11.1 Å². The van der Waals surface area contributed by atoms with Gasteiger partial charge in [0.1, 0.15) is 0 Å². The van der Waals surface area contributed by atoms with Gasteiger partial charge in [-0.05, 0) is 106 Å². The topological polar surface area (TPSA) is 0 Å². The zero-order valence-corrected chi connectivity index (χ0v) is 35.6. The molecule has 7 aromatic rings. The first-order valence-corrected chi connectivity index (χ1v) is 20.7. The van der Waals surface area contributed by atoms with Crippen molar-refractivity contribution in [2.24, 2.45) is 0 Å². The van der Waals surface area contributed by atoms with Crippen LogP contribution in [0, 0.1) is 83.1 Å². The van der Waals surface area contributed by atoms with Crippen molar-refractivity contribution in [1.29, 1.82) is 0 Å². The van der Waals surface area contributed by atoms with E-state index in [-0.39, 0.29) is 13.4 Å². The van der Waals surface area contributed by atoms with Crippen molar-refractivity contribution in [3.63, 3.8) is 0 Å². The Labute approximate surface area is 335 Å². The first-order valence-electron chi connectivity index (χ1n) is 19.9. The highest BCUT2D eigenvalue weighted by atomic mass is 32.2. The summed E-state index contributed by atoms with van der Waals surface area (Å²) in [7, 11) is 0. The summed E-state index contributed by atoms with van der Waals surface area (Å²) in [5.74, 6) is 0. The molecule has 0 spiro atoms. The maximum absolute atomic E-state index is 2.51. The number of hydrogen-bond donors (Lipinski definition) is 0. The maximum atomic E-state index is 2.51. The molecule has 0 radical (unpaired) electrons. The quantitative estimate of drug-likeness (QED) is 0.154. The molecule has 0 aromatic heterocycles. The Balaban J connectivity index is 1.34. The molecule has 1 aliphatic heterocycles. The minimum atomic E-state index is 0.127. The molecule has 0 bridgehead atoms. The Bertz CT molecular complexity index is 2510. The number of aryl methyl sites for hydroxylation is 12. The fraction of sp³-hybridized carbons (Fsp3) is 0.231. The van der Waals surface area contributed by atoms with Crippen molar-refractivity contribution in [3.05, 3.63) is 164 Å². The van der Waals surface area contributed by atoms with Crippen LogP contribution in [0.4, 0.5) is 0 Å². The number of benzene rings is 7. The highest BCUT2D eigenvalue weighted by Gasteiger charge is 2.33. The number of fused-ring (bicyclic) bond motifs is 2. The van der Waals surface area contributed by atoms with Crippen molar-refractivity contribution in [1.82, 2.24) is 0 Å². The highest BCUT2D eigenvalue weighted by Crippen LogP contribution is 2.47. The van der Waals surface area contributed by atoms with Gasteiger partial charge >= 0.3 is 0 Å². The van der Waals surface area contributed by atoms with Gasteiger partial charge in [-0.25, -0.2) is 0 Å². The average Bonchev–Trinajstić information content (AvgIpc) is 3.09. The molecule has 1 aliphatic rings. The summed E-state index contributed by atoms with van der Waals surface area (Å²) in [5.41, 5.74) is 27.4. The minimum Gasteiger partial charge on any atom is -0.0888 e. The monoisotopic (exact) mass is 730 g/mol. The molecule has 0 unspecified atom stereocenters. The van der Waals surface area contributed by atoms with Crippen molar-refractivity contribution < 1.29 is 0 Å². The molecule has 0 N–H and O–H groups in total. The fourth-order valence-electron chi connectivity index (χ4n) is 10.6. The van der Waals surface area contributed by atoms with Gasteiger partial charge in [-0.15, -0.1) is 0 Å². The van der Waals surface area contributed by atoms with Crippen molar-refractivity contribution >= 4 is 68.7 Å². The van der Waals surface area contributed by atoms with Crippen LogP contribution in [0.15, 0.2) is 107 Å². The van der Waals surface area contributed by atoms with E-state index in [4.69, 9.17) is 0 Å². The summed E-state index contributed by atoms with van der Waals surface area (Å²) in [6.45, 7) is 27.6. The van der Waals surface area contributed by atoms with Crippen LogP contribution in [0.5, 0.6) is 0 Å². The van der Waals surface area contributed by atoms with Crippen molar-refractivity contribution in [2.45, 2.75) is 92.9 Å². The van der Waals surface area contributed by atoms with E-state index in [1.165, 1.54) is 131 Å². The zero-order valence-electron chi connectivity index (χ0n) is 34.8. The lowest BCUT2D eigenvalue weighted by Gasteiger charge is -2.29. The number of hydrogen-bond acceptors (Lipinski definition) is 1. The second-order valence-corrected chi connectivity index (χ2v) is 17.9. The molecule has 0 amide bonds. The second kappa shape index (κ2) is 14.1. The smallest absolute Gasteiger partial charge is 0.0888 e. The van der Waals surface area contributed by atoms with E-state index >= 15 is 0 Å². The molecule has 7 aromatic carbocycles. The zero-order chi connectivity index (χ0) is 39.0. The summed E-state index contributed by atoms with van der Waals surface area (Å²) < 4.78 is 0. The van der Waals surface area contributed by atoms with E-state index in [1.54, 1.807) is 0 Å². The molecule has 0 atom stereocenters. The van der Waals surface area contributed by atoms with Crippen LogP contribution in [-0.2, 0) is 0 Å². The van der Waals surface area contributed by atoms with Crippen LogP contribution in [0.25, 0.3) is 21.9 Å². The molecule has 0 nitrogen and oxygen atoms in total. The van der Waals surface area contributed by atoms with Crippen LogP contribution in [0.3, 0.4) is 0 Å². The van der Waals surface area contributed by atoms with Gasteiger partial charge in [-0.1, -0.05) is 202 Å². The first kappa shape index (κ1) is 37.2. The molecule has 0 saturated heterocycles. The third-order valence-corrected chi connectivity index (χ3v) is 13.4. The Morgan fingerprint density at radius 2 is 0.764 bits per heavy atom. The van der Waals surface area contributed by atoms with Gasteiger partial charge in [-0.3, -0.25) is 0 Å². The van der Waals surface area contributed by atoms with Gasteiger partial charge in [0.2, 0.25) is 13.4 Å². The molecule has 272 valence electrons. The van der Waals surface area contributed by atoms with Gasteiger partial charge in [0.05, 0.1) is 0 Å². The van der Waals surface area contributed by atoms with E-state index in [0.717, 1.165) is 0 Å². The second-order valence-electron chi connectivity index (χ2n) is 16.9. The Kier molecular flexibility index (Phi) is 9.54. The molecule has 0 aliphatic carbocycles. The Morgan fingerprint density at radius 3 is 1.20 bits per heavy atom. The molecule has 8 rings (SSSR count).